The largest absolute Gasteiger partial charge is 0.384 e. The second-order valence-corrected chi connectivity index (χ2v) is 6.39. The van der Waals surface area contributed by atoms with Crippen LogP contribution in [0.15, 0.2) is 35.8 Å². The number of carbonyl (C=O) groups excluding carboxylic acids is 1. The predicted octanol–water partition coefficient (Wildman–Crippen LogP) is 0.278. The fraction of sp³-hybridized carbons (Fsp3) is 0.412. The molecule has 0 saturated carbocycles. The van der Waals surface area contributed by atoms with Gasteiger partial charge in [0.25, 0.3) is 0 Å². The highest BCUT2D eigenvalue weighted by molar-refractivity contribution is 6.04. The number of hydrogen-bond donors (Lipinski definition) is 4. The first-order valence-electron chi connectivity index (χ1n) is 8.22. The molecular formula is C17H24N6O. The second kappa shape index (κ2) is 6.92. The topological polar surface area (TPSA) is 111 Å². The Morgan fingerprint density at radius 2 is 1.83 bits per heavy atom. The molecule has 1 aromatic rings. The van der Waals surface area contributed by atoms with E-state index in [-0.39, 0.29) is 29.8 Å². The number of hydrogen-bond acceptors (Lipinski definition) is 5. The molecule has 0 bridgehead atoms. The summed E-state index contributed by atoms with van der Waals surface area (Å²) in [6, 6.07) is 8.32. The number of benzene rings is 1. The Labute approximate surface area is 141 Å². The minimum absolute atomic E-state index is 0.0409. The lowest BCUT2D eigenvalue weighted by Crippen LogP contribution is -2.50. The lowest BCUT2D eigenvalue weighted by Gasteiger charge is -2.31. The van der Waals surface area contributed by atoms with Crippen LogP contribution in [0.1, 0.15) is 24.0 Å². The SMILES string of the molecule is N=C1C(=C(N)N)NC(=O)CN1Cc1cccc(CN2CCCC2)c1. The third-order valence-corrected chi connectivity index (χ3v) is 4.41. The summed E-state index contributed by atoms with van der Waals surface area (Å²) in [5, 5.41) is 10.8. The van der Waals surface area contributed by atoms with Crippen molar-refractivity contribution >= 4 is 11.7 Å². The average molecular weight is 328 g/mol. The first-order chi connectivity index (χ1) is 11.5. The van der Waals surface area contributed by atoms with Crippen LogP contribution in [-0.4, -0.2) is 41.2 Å². The highest BCUT2D eigenvalue weighted by Gasteiger charge is 2.26. The van der Waals surface area contributed by atoms with Crippen LogP contribution in [0, 0.1) is 5.41 Å². The van der Waals surface area contributed by atoms with Crippen LogP contribution in [0.5, 0.6) is 0 Å². The molecular weight excluding hydrogens is 304 g/mol. The van der Waals surface area contributed by atoms with Crippen molar-refractivity contribution in [2.75, 3.05) is 19.6 Å². The van der Waals surface area contributed by atoms with Crippen molar-refractivity contribution < 1.29 is 4.79 Å². The van der Waals surface area contributed by atoms with Gasteiger partial charge in [-0.15, -0.1) is 0 Å². The zero-order chi connectivity index (χ0) is 17.1. The fourth-order valence-electron chi connectivity index (χ4n) is 3.24. The predicted molar refractivity (Wildman–Crippen MR) is 92.6 cm³/mol. The van der Waals surface area contributed by atoms with Gasteiger partial charge in [0.15, 0.2) is 0 Å². The van der Waals surface area contributed by atoms with Crippen molar-refractivity contribution in [1.82, 2.24) is 15.1 Å². The number of nitrogens with one attached hydrogen (secondary N) is 2. The third-order valence-electron chi connectivity index (χ3n) is 4.41. The van der Waals surface area contributed by atoms with Crippen molar-refractivity contribution in [2.45, 2.75) is 25.9 Å². The zero-order valence-electron chi connectivity index (χ0n) is 13.7. The van der Waals surface area contributed by atoms with E-state index in [9.17, 15) is 4.79 Å². The molecule has 128 valence electrons. The summed E-state index contributed by atoms with van der Waals surface area (Å²) < 4.78 is 0. The van der Waals surface area contributed by atoms with Gasteiger partial charge in [-0.05, 0) is 37.1 Å². The number of piperazine rings is 1. The van der Waals surface area contributed by atoms with E-state index in [1.807, 2.05) is 12.1 Å². The molecule has 2 fully saturated rings. The van der Waals surface area contributed by atoms with Gasteiger partial charge in [0, 0.05) is 13.1 Å². The summed E-state index contributed by atoms with van der Waals surface area (Å²) in [6.07, 6.45) is 2.55. The van der Waals surface area contributed by atoms with Crippen molar-refractivity contribution in [3.63, 3.8) is 0 Å². The Kier molecular flexibility index (Phi) is 4.71. The van der Waals surface area contributed by atoms with Crippen LogP contribution in [0.3, 0.4) is 0 Å². The van der Waals surface area contributed by atoms with Gasteiger partial charge in [0.2, 0.25) is 5.91 Å². The number of likely N-dealkylation sites (tertiary alicyclic amines) is 1. The van der Waals surface area contributed by atoms with Gasteiger partial charge >= 0.3 is 0 Å². The molecule has 24 heavy (non-hydrogen) atoms. The molecule has 3 rings (SSSR count). The fourth-order valence-corrected chi connectivity index (χ4v) is 3.24. The number of nitrogens with zero attached hydrogens (tertiary/aromatic N) is 2. The second-order valence-electron chi connectivity index (χ2n) is 6.39. The van der Waals surface area contributed by atoms with Crippen molar-refractivity contribution in [3.8, 4) is 0 Å². The van der Waals surface area contributed by atoms with Crippen molar-refractivity contribution in [1.29, 1.82) is 5.41 Å². The van der Waals surface area contributed by atoms with E-state index in [0.29, 0.717) is 6.54 Å². The summed E-state index contributed by atoms with van der Waals surface area (Å²) in [5.74, 6) is -0.0944. The number of carbonyl (C=O) groups is 1. The normalized spacial score (nSPS) is 18.8. The smallest absolute Gasteiger partial charge is 0.244 e. The Balaban J connectivity index is 1.71. The molecule has 2 saturated heterocycles. The van der Waals surface area contributed by atoms with Crippen molar-refractivity contribution in [2.24, 2.45) is 11.5 Å². The minimum atomic E-state index is -0.206. The summed E-state index contributed by atoms with van der Waals surface area (Å²) >= 11 is 0. The van der Waals surface area contributed by atoms with Crippen molar-refractivity contribution in [3.05, 3.63) is 46.9 Å². The quantitative estimate of drug-likeness (QED) is 0.634. The molecule has 0 radical (unpaired) electrons. The average Bonchev–Trinajstić information content (AvgIpc) is 3.03. The van der Waals surface area contributed by atoms with Gasteiger partial charge in [0.1, 0.15) is 17.4 Å². The Morgan fingerprint density at radius 3 is 2.50 bits per heavy atom. The molecule has 0 atom stereocenters. The molecule has 2 aliphatic heterocycles. The Hall–Kier alpha value is -2.54. The maximum Gasteiger partial charge on any atom is 0.244 e. The summed E-state index contributed by atoms with van der Waals surface area (Å²) in [6.45, 7) is 3.88. The Morgan fingerprint density at radius 1 is 1.17 bits per heavy atom. The third kappa shape index (κ3) is 3.68. The molecule has 1 amide bonds. The molecule has 1 aromatic carbocycles. The molecule has 0 spiro atoms. The van der Waals surface area contributed by atoms with E-state index in [4.69, 9.17) is 16.9 Å². The molecule has 2 heterocycles. The lowest BCUT2D eigenvalue weighted by atomic mass is 10.1. The van der Waals surface area contributed by atoms with Gasteiger partial charge < -0.3 is 21.7 Å². The molecule has 6 N–H and O–H groups in total. The molecule has 7 nitrogen and oxygen atoms in total. The highest BCUT2D eigenvalue weighted by atomic mass is 16.2. The van der Waals surface area contributed by atoms with E-state index in [2.05, 4.69) is 22.3 Å². The van der Waals surface area contributed by atoms with Gasteiger partial charge in [0.05, 0.1) is 6.54 Å². The summed E-state index contributed by atoms with van der Waals surface area (Å²) in [7, 11) is 0. The van der Waals surface area contributed by atoms with Gasteiger partial charge in [-0.3, -0.25) is 15.1 Å². The van der Waals surface area contributed by atoms with E-state index in [1.165, 1.54) is 18.4 Å². The van der Waals surface area contributed by atoms with Crippen LogP contribution in [0.2, 0.25) is 0 Å². The highest BCUT2D eigenvalue weighted by Crippen LogP contribution is 2.16. The standard InChI is InChI=1S/C17H24N6O/c18-16(19)15-17(20)23(11-14(24)21-15)10-13-5-3-4-12(8-13)9-22-6-1-2-7-22/h3-5,8,20H,1-2,6-7,9-11,18-19H2,(H,21,24). The number of nitrogens with two attached hydrogens (primary N) is 2. The van der Waals surface area contributed by atoms with Gasteiger partial charge in [-0.25, -0.2) is 0 Å². The van der Waals surface area contributed by atoms with Crippen LogP contribution in [0.4, 0.5) is 0 Å². The molecule has 0 aliphatic carbocycles. The van der Waals surface area contributed by atoms with E-state index in [1.54, 1.807) is 4.90 Å². The molecule has 0 aromatic heterocycles. The number of amidine groups is 1. The van der Waals surface area contributed by atoms with E-state index < -0.39 is 0 Å². The molecule has 7 heteroatoms. The first kappa shape index (κ1) is 16.3. The van der Waals surface area contributed by atoms with Gasteiger partial charge in [-0.1, -0.05) is 24.3 Å². The molecule has 0 unspecified atom stereocenters. The maximum absolute atomic E-state index is 11.8. The Bertz CT molecular complexity index is 673. The van der Waals surface area contributed by atoms with Crippen LogP contribution < -0.4 is 16.8 Å². The first-order valence-corrected chi connectivity index (χ1v) is 8.22. The summed E-state index contributed by atoms with van der Waals surface area (Å²) in [4.78, 5) is 16.0. The zero-order valence-corrected chi connectivity index (χ0v) is 13.7. The van der Waals surface area contributed by atoms with Crippen LogP contribution in [-0.2, 0) is 17.9 Å². The van der Waals surface area contributed by atoms with Gasteiger partial charge in [-0.2, -0.15) is 0 Å². The van der Waals surface area contributed by atoms with E-state index >= 15 is 0 Å². The lowest BCUT2D eigenvalue weighted by molar-refractivity contribution is -0.121. The maximum atomic E-state index is 11.8. The monoisotopic (exact) mass is 328 g/mol. The number of amides is 1. The summed E-state index contributed by atoms with van der Waals surface area (Å²) in [5.41, 5.74) is 13.6. The van der Waals surface area contributed by atoms with Crippen LogP contribution in [0.25, 0.3) is 0 Å². The van der Waals surface area contributed by atoms with E-state index in [0.717, 1.165) is 25.2 Å². The van der Waals surface area contributed by atoms with Crippen LogP contribution >= 0.6 is 0 Å². The minimum Gasteiger partial charge on any atom is -0.384 e. The number of rotatable bonds is 4. The molecule has 2 aliphatic rings.